The summed E-state index contributed by atoms with van der Waals surface area (Å²) in [5.74, 6) is -1.90. The summed E-state index contributed by atoms with van der Waals surface area (Å²) in [6.07, 6.45) is 4.00. The lowest BCUT2D eigenvalue weighted by Crippen LogP contribution is -2.59. The average Bonchev–Trinajstić information content (AvgIpc) is 3.22. The third-order valence-corrected chi connectivity index (χ3v) is 6.39. The Morgan fingerprint density at radius 1 is 1.27 bits per heavy atom. The molecule has 1 rings (SSSR count). The number of aliphatic carboxylic acids is 1. The number of hydrogen-bond acceptors (Lipinski definition) is 7. The average molecular weight is 463 g/mol. The van der Waals surface area contributed by atoms with Gasteiger partial charge in [-0.1, -0.05) is 20.3 Å². The van der Waals surface area contributed by atoms with Gasteiger partial charge < -0.3 is 26.4 Å². The van der Waals surface area contributed by atoms with Crippen LogP contribution in [0, 0.1) is 5.92 Å². The van der Waals surface area contributed by atoms with Gasteiger partial charge in [-0.15, -0.1) is 0 Å². The van der Waals surface area contributed by atoms with E-state index in [0.29, 0.717) is 32.2 Å². The van der Waals surface area contributed by atoms with Crippen molar-refractivity contribution >= 4 is 48.1 Å². The largest absolute Gasteiger partial charge is 0.480 e. The van der Waals surface area contributed by atoms with Crippen molar-refractivity contribution in [2.24, 2.45) is 11.7 Å². The molecular weight excluding hydrogens is 428 g/mol. The summed E-state index contributed by atoms with van der Waals surface area (Å²) in [6.45, 7) is 4.05. The summed E-state index contributed by atoms with van der Waals surface area (Å²) in [5, 5.41) is 14.7. The fourth-order valence-corrected chi connectivity index (χ4v) is 4.00. The Labute approximate surface area is 187 Å². The molecule has 0 aromatic heterocycles. The van der Waals surface area contributed by atoms with Gasteiger partial charge >= 0.3 is 5.97 Å². The van der Waals surface area contributed by atoms with Gasteiger partial charge in [0.15, 0.2) is 0 Å². The lowest BCUT2D eigenvalue weighted by atomic mass is 9.97. The quantitative estimate of drug-likeness (QED) is 0.259. The fraction of sp³-hybridized carbons (Fsp3) is 0.789. The first-order valence-electron chi connectivity index (χ1n) is 10.2. The van der Waals surface area contributed by atoms with Gasteiger partial charge in [0.05, 0.1) is 6.04 Å². The molecule has 0 bridgehead atoms. The molecule has 11 heteroatoms. The van der Waals surface area contributed by atoms with Crippen molar-refractivity contribution in [3.8, 4) is 0 Å². The minimum absolute atomic E-state index is 0.0374. The van der Waals surface area contributed by atoms with E-state index in [2.05, 4.69) is 23.3 Å². The maximum Gasteiger partial charge on any atom is 0.326 e. The van der Waals surface area contributed by atoms with Gasteiger partial charge in [-0.25, -0.2) is 4.79 Å². The highest BCUT2D eigenvalue weighted by atomic mass is 32.2. The van der Waals surface area contributed by atoms with E-state index >= 15 is 0 Å². The van der Waals surface area contributed by atoms with Crippen molar-refractivity contribution in [1.29, 1.82) is 0 Å². The second-order valence-electron chi connectivity index (χ2n) is 7.53. The first-order valence-corrected chi connectivity index (χ1v) is 12.2. The lowest BCUT2D eigenvalue weighted by Gasteiger charge is -2.31. The second-order valence-corrected chi connectivity index (χ2v) is 8.88. The maximum atomic E-state index is 13.1. The van der Waals surface area contributed by atoms with E-state index in [0.717, 1.165) is 5.75 Å². The molecule has 0 aliphatic carbocycles. The molecule has 1 aliphatic rings. The molecule has 172 valence electrons. The Bertz CT molecular complexity index is 622. The van der Waals surface area contributed by atoms with Crippen molar-refractivity contribution in [1.82, 2.24) is 15.5 Å². The number of thiol groups is 1. The van der Waals surface area contributed by atoms with Crippen molar-refractivity contribution in [2.75, 3.05) is 24.3 Å². The maximum absolute atomic E-state index is 13.1. The van der Waals surface area contributed by atoms with Gasteiger partial charge in [0.1, 0.15) is 18.1 Å². The van der Waals surface area contributed by atoms with Gasteiger partial charge in [0.25, 0.3) is 0 Å². The van der Waals surface area contributed by atoms with Crippen LogP contribution in [0.25, 0.3) is 0 Å². The topological polar surface area (TPSA) is 142 Å². The van der Waals surface area contributed by atoms with E-state index in [1.165, 1.54) is 4.90 Å². The molecule has 1 heterocycles. The molecule has 1 saturated heterocycles. The number of carboxylic acid groups (broad SMARTS) is 1. The van der Waals surface area contributed by atoms with Gasteiger partial charge in [-0.2, -0.15) is 24.4 Å². The highest BCUT2D eigenvalue weighted by molar-refractivity contribution is 7.98. The lowest BCUT2D eigenvalue weighted by molar-refractivity contribution is -0.150. The van der Waals surface area contributed by atoms with Crippen LogP contribution in [-0.2, 0) is 19.2 Å². The van der Waals surface area contributed by atoms with Crippen molar-refractivity contribution < 1.29 is 24.3 Å². The first-order chi connectivity index (χ1) is 14.2. The molecule has 0 radical (unpaired) electrons. The van der Waals surface area contributed by atoms with Crippen LogP contribution in [0.5, 0.6) is 0 Å². The summed E-state index contributed by atoms with van der Waals surface area (Å²) < 4.78 is 0. The minimum atomic E-state index is -1.05. The van der Waals surface area contributed by atoms with E-state index in [1.54, 1.807) is 11.8 Å². The Hall–Kier alpha value is -1.46. The van der Waals surface area contributed by atoms with E-state index < -0.39 is 47.9 Å². The Balaban J connectivity index is 2.87. The van der Waals surface area contributed by atoms with Crippen LogP contribution in [0.2, 0.25) is 0 Å². The number of hydrogen-bond donors (Lipinski definition) is 5. The first kappa shape index (κ1) is 26.6. The zero-order valence-electron chi connectivity index (χ0n) is 17.8. The van der Waals surface area contributed by atoms with Crippen LogP contribution in [0.15, 0.2) is 0 Å². The third kappa shape index (κ3) is 7.35. The summed E-state index contributed by atoms with van der Waals surface area (Å²) in [5.41, 5.74) is 5.85. The molecular formula is C19H34N4O5S2. The van der Waals surface area contributed by atoms with Crippen LogP contribution < -0.4 is 16.4 Å². The molecule has 0 aromatic rings. The van der Waals surface area contributed by atoms with E-state index in [-0.39, 0.29) is 11.7 Å². The predicted octanol–water partition coefficient (Wildman–Crippen LogP) is 0.0879. The van der Waals surface area contributed by atoms with E-state index in [9.17, 15) is 24.3 Å². The van der Waals surface area contributed by atoms with E-state index in [1.807, 2.05) is 20.1 Å². The molecule has 1 aliphatic heterocycles. The van der Waals surface area contributed by atoms with Crippen LogP contribution in [0.1, 0.15) is 39.5 Å². The summed E-state index contributed by atoms with van der Waals surface area (Å²) in [6, 6.07) is -3.45. The molecule has 3 amide bonds. The van der Waals surface area contributed by atoms with Gasteiger partial charge in [0.2, 0.25) is 17.7 Å². The standard InChI is InChI=1S/C19H34N4O5S2/c1-4-11(2)15(18(26)23-8-5-6-14(23)19(27)28)22-17(25)13(10-29)21-16(24)12(20)7-9-30-3/h11-15,29H,4-10,20H2,1-3H3,(H,21,24)(H,22,25)(H,27,28). The van der Waals surface area contributed by atoms with E-state index in [4.69, 9.17) is 5.73 Å². The highest BCUT2D eigenvalue weighted by Gasteiger charge is 2.39. The number of carboxylic acids is 1. The number of nitrogens with two attached hydrogens (primary N) is 1. The molecule has 0 aromatic carbocycles. The SMILES string of the molecule is CCC(C)C(NC(=O)C(CS)NC(=O)C(N)CCSC)C(=O)N1CCCC1C(=O)O. The Kier molecular flexibility index (Phi) is 11.6. The number of carbonyl (C=O) groups excluding carboxylic acids is 3. The predicted molar refractivity (Wildman–Crippen MR) is 121 cm³/mol. The molecule has 5 atom stereocenters. The summed E-state index contributed by atoms with van der Waals surface area (Å²) in [4.78, 5) is 50.9. The van der Waals surface area contributed by atoms with Crippen LogP contribution in [0.3, 0.4) is 0 Å². The monoisotopic (exact) mass is 462 g/mol. The minimum Gasteiger partial charge on any atom is -0.480 e. The van der Waals surface area contributed by atoms with Gasteiger partial charge in [-0.3, -0.25) is 14.4 Å². The molecule has 1 fully saturated rings. The summed E-state index contributed by atoms with van der Waals surface area (Å²) in [7, 11) is 0. The number of amides is 3. The van der Waals surface area contributed by atoms with Crippen LogP contribution in [-0.4, -0.2) is 82.2 Å². The highest BCUT2D eigenvalue weighted by Crippen LogP contribution is 2.21. The number of likely N-dealkylation sites (tertiary alicyclic amines) is 1. The smallest absolute Gasteiger partial charge is 0.326 e. The van der Waals surface area contributed by atoms with Crippen molar-refractivity contribution in [3.63, 3.8) is 0 Å². The van der Waals surface area contributed by atoms with Crippen LogP contribution >= 0.6 is 24.4 Å². The second kappa shape index (κ2) is 13.1. The van der Waals surface area contributed by atoms with Crippen molar-refractivity contribution in [3.05, 3.63) is 0 Å². The Morgan fingerprint density at radius 2 is 1.93 bits per heavy atom. The molecule has 30 heavy (non-hydrogen) atoms. The number of nitrogens with one attached hydrogen (secondary N) is 2. The Morgan fingerprint density at radius 3 is 2.47 bits per heavy atom. The molecule has 5 unspecified atom stereocenters. The number of thioether (sulfide) groups is 1. The van der Waals surface area contributed by atoms with Gasteiger partial charge in [-0.05, 0) is 37.2 Å². The van der Waals surface area contributed by atoms with Gasteiger partial charge in [0, 0.05) is 12.3 Å². The molecule has 0 saturated carbocycles. The summed E-state index contributed by atoms with van der Waals surface area (Å²) >= 11 is 5.72. The molecule has 9 nitrogen and oxygen atoms in total. The van der Waals surface area contributed by atoms with Crippen molar-refractivity contribution in [2.45, 2.75) is 63.7 Å². The molecule has 5 N–H and O–H groups in total. The zero-order chi connectivity index (χ0) is 22.8. The molecule has 0 spiro atoms. The van der Waals surface area contributed by atoms with Crippen LogP contribution in [0.4, 0.5) is 0 Å². The fourth-order valence-electron chi connectivity index (χ4n) is 3.25. The normalized spacial score (nSPS) is 20.2. The third-order valence-electron chi connectivity index (χ3n) is 5.38. The zero-order valence-corrected chi connectivity index (χ0v) is 19.5. The number of nitrogens with zero attached hydrogens (tertiary/aromatic N) is 1. The number of carbonyl (C=O) groups is 4. The number of rotatable bonds is 12.